The molecule has 0 spiro atoms. The number of fused-ring (bicyclic) bond motifs is 5. The smallest absolute Gasteiger partial charge is 0.409 e. The zero-order valence-electron chi connectivity index (χ0n) is 16.6. The number of aromatic nitrogens is 4. The van der Waals surface area contributed by atoms with Crippen molar-refractivity contribution in [3.63, 3.8) is 0 Å². The fraction of sp³-hybridized carbons (Fsp3) is 0.368. The minimum Gasteiger partial charge on any atom is -0.468 e. The van der Waals surface area contributed by atoms with Crippen LogP contribution in [0.2, 0.25) is 0 Å². The Morgan fingerprint density at radius 3 is 2.97 bits per heavy atom. The van der Waals surface area contributed by atoms with E-state index in [-0.39, 0.29) is 47.1 Å². The van der Waals surface area contributed by atoms with Crippen LogP contribution in [0.25, 0.3) is 5.65 Å². The lowest BCUT2D eigenvalue weighted by molar-refractivity contribution is -0.275. The van der Waals surface area contributed by atoms with Gasteiger partial charge >= 0.3 is 6.11 Å². The molecule has 0 unspecified atom stereocenters. The summed E-state index contributed by atoms with van der Waals surface area (Å²) < 4.78 is 63.3. The van der Waals surface area contributed by atoms with Gasteiger partial charge in [0, 0.05) is 18.2 Å². The SMILES string of the molecule is Cc1nn2ccc3nc2c1C(=O)NOC(F)(F)COc1ncc(F)cc1[C@H]1C[C@H](F)CN31. The molecule has 2 aliphatic heterocycles. The van der Waals surface area contributed by atoms with Crippen molar-refractivity contribution in [1.29, 1.82) is 0 Å². The van der Waals surface area contributed by atoms with Crippen LogP contribution in [0.1, 0.15) is 34.1 Å². The van der Waals surface area contributed by atoms with Gasteiger partial charge in [-0.1, -0.05) is 0 Å². The molecule has 1 amide bonds. The fourth-order valence-corrected chi connectivity index (χ4v) is 3.94. The highest BCUT2D eigenvalue weighted by molar-refractivity contribution is 6.00. The Balaban J connectivity index is 1.70. The molecule has 9 nitrogen and oxygen atoms in total. The van der Waals surface area contributed by atoms with Crippen LogP contribution in [0.15, 0.2) is 24.5 Å². The molecule has 3 aromatic heterocycles. The predicted octanol–water partition coefficient (Wildman–Crippen LogP) is 2.51. The van der Waals surface area contributed by atoms with E-state index < -0.39 is 36.7 Å². The summed E-state index contributed by atoms with van der Waals surface area (Å²) in [5, 5.41) is 4.15. The first-order chi connectivity index (χ1) is 15.2. The molecule has 2 atom stereocenters. The molecule has 13 heteroatoms. The zero-order chi connectivity index (χ0) is 22.6. The molecule has 0 aromatic carbocycles. The van der Waals surface area contributed by atoms with Crippen LogP contribution in [0.5, 0.6) is 5.88 Å². The normalized spacial score (nSPS) is 22.8. The van der Waals surface area contributed by atoms with Crippen LogP contribution < -0.4 is 15.1 Å². The molecule has 1 fully saturated rings. The van der Waals surface area contributed by atoms with Crippen molar-refractivity contribution in [2.75, 3.05) is 18.1 Å². The Hall–Kier alpha value is -3.48. The number of nitrogens with zero attached hydrogens (tertiary/aromatic N) is 5. The zero-order valence-corrected chi connectivity index (χ0v) is 16.6. The number of hydrogen-bond donors (Lipinski definition) is 1. The maximum Gasteiger partial charge on any atom is 0.409 e. The summed E-state index contributed by atoms with van der Waals surface area (Å²) in [6, 6.07) is 1.84. The maximum atomic E-state index is 14.5. The minimum absolute atomic E-state index is 0.0626. The number of rotatable bonds is 0. The molecule has 32 heavy (non-hydrogen) atoms. The fourth-order valence-electron chi connectivity index (χ4n) is 3.94. The van der Waals surface area contributed by atoms with Crippen LogP contribution in [0, 0.1) is 12.7 Å². The molecule has 2 bridgehead atoms. The van der Waals surface area contributed by atoms with Gasteiger partial charge in [0.05, 0.1) is 24.5 Å². The summed E-state index contributed by atoms with van der Waals surface area (Å²) in [4.78, 5) is 26.6. The summed E-state index contributed by atoms with van der Waals surface area (Å²) in [5.74, 6) is -1.73. The third kappa shape index (κ3) is 3.47. The standard InChI is InChI=1S/C19H16F4N6O3/c1-9-15-16-25-14(2-3-29(16)26-9)28-7-11(21)5-13(28)12-4-10(20)6-24-18(12)31-8-19(22,23)32-27-17(15)30/h2-4,6,11,13H,5,7-8H2,1H3,(H,27,30)/t11-,13+/m0/s1. The van der Waals surface area contributed by atoms with Crippen molar-refractivity contribution in [3.05, 3.63) is 47.2 Å². The number of nitrogens with one attached hydrogen (secondary N) is 1. The molecule has 0 radical (unpaired) electrons. The lowest BCUT2D eigenvalue weighted by atomic mass is 10.1. The first kappa shape index (κ1) is 20.4. The second-order valence-corrected chi connectivity index (χ2v) is 7.52. The van der Waals surface area contributed by atoms with E-state index >= 15 is 0 Å². The molecule has 168 valence electrons. The topological polar surface area (TPSA) is 93.9 Å². The monoisotopic (exact) mass is 452 g/mol. The van der Waals surface area contributed by atoms with Crippen molar-refractivity contribution in [2.24, 2.45) is 0 Å². The highest BCUT2D eigenvalue weighted by Gasteiger charge is 2.39. The van der Waals surface area contributed by atoms with Gasteiger partial charge in [0.15, 0.2) is 12.3 Å². The molecule has 0 saturated carbocycles. The van der Waals surface area contributed by atoms with Crippen LogP contribution in [-0.4, -0.2) is 50.9 Å². The Kier molecular flexibility index (Phi) is 4.65. The van der Waals surface area contributed by atoms with Gasteiger partial charge in [0.2, 0.25) is 5.88 Å². The van der Waals surface area contributed by atoms with Crippen LogP contribution >= 0.6 is 0 Å². The number of hydroxylamine groups is 1. The maximum absolute atomic E-state index is 14.5. The summed E-state index contributed by atoms with van der Waals surface area (Å²) in [6.07, 6.45) is -3.00. The predicted molar refractivity (Wildman–Crippen MR) is 101 cm³/mol. The molecular weight excluding hydrogens is 436 g/mol. The van der Waals surface area contributed by atoms with Gasteiger partial charge in [-0.05, 0) is 19.1 Å². The number of pyridine rings is 1. The largest absolute Gasteiger partial charge is 0.468 e. The second kappa shape index (κ2) is 7.29. The van der Waals surface area contributed by atoms with E-state index in [9.17, 15) is 22.4 Å². The summed E-state index contributed by atoms with van der Waals surface area (Å²) in [5.41, 5.74) is 1.99. The van der Waals surface area contributed by atoms with Crippen LogP contribution in [-0.2, 0) is 4.84 Å². The molecule has 5 rings (SSSR count). The number of carbonyl (C=O) groups excluding carboxylic acids is 1. The van der Waals surface area contributed by atoms with Gasteiger partial charge < -0.3 is 9.64 Å². The number of amides is 1. The molecule has 5 heterocycles. The Morgan fingerprint density at radius 1 is 1.34 bits per heavy atom. The first-order valence-corrected chi connectivity index (χ1v) is 9.63. The molecule has 1 saturated heterocycles. The van der Waals surface area contributed by atoms with Gasteiger partial charge in [-0.3, -0.25) is 4.79 Å². The van der Waals surface area contributed by atoms with E-state index in [4.69, 9.17) is 4.74 Å². The Bertz CT molecular complexity index is 1220. The average molecular weight is 452 g/mol. The quantitative estimate of drug-likeness (QED) is 0.524. The minimum atomic E-state index is -3.94. The van der Waals surface area contributed by atoms with Crippen molar-refractivity contribution < 1.29 is 31.9 Å². The molecule has 0 aliphatic carbocycles. The van der Waals surface area contributed by atoms with E-state index in [1.54, 1.807) is 16.4 Å². The van der Waals surface area contributed by atoms with Gasteiger partial charge in [0.1, 0.15) is 23.4 Å². The number of ether oxygens (including phenoxy) is 1. The third-order valence-electron chi connectivity index (χ3n) is 5.29. The summed E-state index contributed by atoms with van der Waals surface area (Å²) >= 11 is 0. The lowest BCUT2D eigenvalue weighted by Gasteiger charge is -2.27. The van der Waals surface area contributed by atoms with Crippen LogP contribution in [0.3, 0.4) is 0 Å². The number of hydrogen-bond acceptors (Lipinski definition) is 7. The first-order valence-electron chi connectivity index (χ1n) is 9.63. The lowest BCUT2D eigenvalue weighted by Crippen LogP contribution is -2.38. The molecule has 1 N–H and O–H groups in total. The van der Waals surface area contributed by atoms with Gasteiger partial charge in [-0.15, -0.1) is 0 Å². The second-order valence-electron chi connectivity index (χ2n) is 7.52. The number of halogens is 4. The van der Waals surface area contributed by atoms with Gasteiger partial charge in [-0.25, -0.2) is 28.7 Å². The van der Waals surface area contributed by atoms with E-state index in [1.165, 1.54) is 17.6 Å². The Morgan fingerprint density at radius 2 is 2.16 bits per heavy atom. The van der Waals surface area contributed by atoms with Crippen molar-refractivity contribution in [1.82, 2.24) is 25.1 Å². The van der Waals surface area contributed by atoms with Crippen LogP contribution in [0.4, 0.5) is 23.4 Å². The summed E-state index contributed by atoms with van der Waals surface area (Å²) in [7, 11) is 0. The number of anilines is 1. The average Bonchev–Trinajstić information content (AvgIpc) is 3.29. The third-order valence-corrected chi connectivity index (χ3v) is 5.29. The van der Waals surface area contributed by atoms with E-state index in [2.05, 4.69) is 19.9 Å². The number of aryl methyl sites for hydroxylation is 1. The number of alkyl halides is 3. The van der Waals surface area contributed by atoms with Crippen molar-refractivity contribution >= 4 is 17.4 Å². The molecule has 3 aromatic rings. The van der Waals surface area contributed by atoms with Crippen molar-refractivity contribution in [3.8, 4) is 5.88 Å². The number of carbonyl (C=O) groups is 1. The Labute approximate surface area is 177 Å². The van der Waals surface area contributed by atoms with E-state index in [0.29, 0.717) is 0 Å². The van der Waals surface area contributed by atoms with Crippen molar-refractivity contribution in [2.45, 2.75) is 31.7 Å². The molecule has 2 aliphatic rings. The van der Waals surface area contributed by atoms with E-state index in [0.717, 1.165) is 12.3 Å². The van der Waals surface area contributed by atoms with Gasteiger partial charge in [0.25, 0.3) is 5.91 Å². The van der Waals surface area contributed by atoms with Gasteiger partial charge in [-0.2, -0.15) is 18.7 Å². The summed E-state index contributed by atoms with van der Waals surface area (Å²) in [6.45, 7) is 0.100. The highest BCUT2D eigenvalue weighted by Crippen LogP contribution is 2.40. The van der Waals surface area contributed by atoms with E-state index in [1.807, 2.05) is 0 Å². The highest BCUT2D eigenvalue weighted by atomic mass is 19.3. The molecular formula is C19H16F4N6O3.